The number of carbonyl (C=O) groups is 1. The van der Waals surface area contributed by atoms with E-state index in [2.05, 4.69) is 10.3 Å². The molecule has 17 heavy (non-hydrogen) atoms. The maximum atomic E-state index is 11.4. The highest BCUT2D eigenvalue weighted by molar-refractivity contribution is 7.98. The monoisotopic (exact) mass is 256 g/mol. The van der Waals surface area contributed by atoms with Gasteiger partial charge in [0.1, 0.15) is 6.61 Å². The molecule has 0 radical (unpaired) electrons. The van der Waals surface area contributed by atoms with E-state index >= 15 is 0 Å². The van der Waals surface area contributed by atoms with Crippen molar-refractivity contribution in [3.05, 3.63) is 18.3 Å². The first-order chi connectivity index (χ1) is 8.26. The molecule has 1 rings (SSSR count). The lowest BCUT2D eigenvalue weighted by atomic mass is 10.4. The number of anilines is 1. The summed E-state index contributed by atoms with van der Waals surface area (Å²) in [6, 6.07) is 3.66. The van der Waals surface area contributed by atoms with Crippen LogP contribution in [0.3, 0.4) is 0 Å². The maximum absolute atomic E-state index is 11.4. The van der Waals surface area contributed by atoms with Gasteiger partial charge in [0.05, 0.1) is 30.1 Å². The third-order valence-electron chi connectivity index (χ3n) is 1.89. The number of hydrogen-bond acceptors (Lipinski definition) is 5. The molecule has 6 heteroatoms. The van der Waals surface area contributed by atoms with Gasteiger partial charge in [-0.1, -0.05) is 0 Å². The number of rotatable bonds is 7. The Morgan fingerprint density at radius 2 is 2.29 bits per heavy atom. The number of ether oxygens (including phenoxy) is 2. The Morgan fingerprint density at radius 3 is 2.88 bits per heavy atom. The molecule has 0 atom stereocenters. The van der Waals surface area contributed by atoms with Gasteiger partial charge in [0, 0.05) is 7.11 Å². The van der Waals surface area contributed by atoms with Gasteiger partial charge in [0.15, 0.2) is 0 Å². The summed E-state index contributed by atoms with van der Waals surface area (Å²) in [5.41, 5.74) is 0.670. The number of thioether (sulfide) groups is 1. The van der Waals surface area contributed by atoms with Crippen molar-refractivity contribution in [2.24, 2.45) is 0 Å². The quantitative estimate of drug-likeness (QED) is 0.590. The van der Waals surface area contributed by atoms with Crippen LogP contribution in [0.2, 0.25) is 0 Å². The Kier molecular flexibility index (Phi) is 6.61. The number of amides is 1. The SMILES string of the molecule is COCCOCC(=O)Nc1ccc(SC)nc1. The molecule has 1 heterocycles. The van der Waals surface area contributed by atoms with E-state index < -0.39 is 0 Å². The van der Waals surface area contributed by atoms with Gasteiger partial charge in [-0.05, 0) is 18.4 Å². The predicted molar refractivity (Wildman–Crippen MR) is 67.3 cm³/mol. The Bertz CT molecular complexity index is 343. The summed E-state index contributed by atoms with van der Waals surface area (Å²) in [6.45, 7) is 0.915. The Morgan fingerprint density at radius 1 is 1.47 bits per heavy atom. The fourth-order valence-corrected chi connectivity index (χ4v) is 1.44. The Balaban J connectivity index is 2.29. The van der Waals surface area contributed by atoms with Crippen molar-refractivity contribution >= 4 is 23.4 Å². The molecule has 0 aromatic carbocycles. The normalized spacial score (nSPS) is 10.2. The summed E-state index contributed by atoms with van der Waals surface area (Å²) in [4.78, 5) is 15.6. The summed E-state index contributed by atoms with van der Waals surface area (Å²) in [5.74, 6) is -0.195. The van der Waals surface area contributed by atoms with Crippen LogP contribution in [-0.4, -0.2) is 44.1 Å². The van der Waals surface area contributed by atoms with Crippen molar-refractivity contribution in [1.29, 1.82) is 0 Å². The number of carbonyl (C=O) groups excluding carboxylic acids is 1. The number of nitrogens with zero attached hydrogens (tertiary/aromatic N) is 1. The van der Waals surface area contributed by atoms with Crippen molar-refractivity contribution in [2.45, 2.75) is 5.03 Å². The third-order valence-corrected chi connectivity index (χ3v) is 2.55. The van der Waals surface area contributed by atoms with Crippen molar-refractivity contribution in [3.8, 4) is 0 Å². The predicted octanol–water partition coefficient (Wildman–Crippen LogP) is 1.40. The summed E-state index contributed by atoms with van der Waals surface area (Å²) >= 11 is 1.55. The number of hydrogen-bond donors (Lipinski definition) is 1. The first-order valence-corrected chi connectivity index (χ1v) is 6.35. The molecule has 0 aliphatic carbocycles. The van der Waals surface area contributed by atoms with Gasteiger partial charge in [0.2, 0.25) is 5.91 Å². The van der Waals surface area contributed by atoms with E-state index in [9.17, 15) is 4.79 Å². The lowest BCUT2D eigenvalue weighted by Gasteiger charge is -2.06. The van der Waals surface area contributed by atoms with E-state index in [1.54, 1.807) is 25.1 Å². The molecule has 0 bridgehead atoms. The highest BCUT2D eigenvalue weighted by atomic mass is 32.2. The van der Waals surface area contributed by atoms with Crippen molar-refractivity contribution < 1.29 is 14.3 Å². The average Bonchev–Trinajstić information content (AvgIpc) is 2.36. The molecule has 0 aliphatic rings. The lowest BCUT2D eigenvalue weighted by molar-refractivity contribution is -0.121. The van der Waals surface area contributed by atoms with Crippen molar-refractivity contribution in [2.75, 3.05) is 38.5 Å². The van der Waals surface area contributed by atoms with Gasteiger partial charge < -0.3 is 14.8 Å². The van der Waals surface area contributed by atoms with Crippen LogP contribution in [0.5, 0.6) is 0 Å². The largest absolute Gasteiger partial charge is 0.382 e. The summed E-state index contributed by atoms with van der Waals surface area (Å²) < 4.78 is 9.89. The molecule has 0 aliphatic heterocycles. The van der Waals surface area contributed by atoms with Gasteiger partial charge in [-0.2, -0.15) is 0 Å². The smallest absolute Gasteiger partial charge is 0.250 e. The zero-order chi connectivity index (χ0) is 12.5. The second-order valence-corrected chi connectivity index (χ2v) is 4.01. The average molecular weight is 256 g/mol. The molecule has 1 amide bonds. The van der Waals surface area contributed by atoms with Gasteiger partial charge in [-0.15, -0.1) is 11.8 Å². The van der Waals surface area contributed by atoms with Gasteiger partial charge in [-0.3, -0.25) is 4.79 Å². The highest BCUT2D eigenvalue weighted by Gasteiger charge is 2.02. The molecule has 0 saturated heterocycles. The van der Waals surface area contributed by atoms with Crippen LogP contribution in [-0.2, 0) is 14.3 Å². The molecular formula is C11H16N2O3S. The fourth-order valence-electron chi connectivity index (χ4n) is 1.08. The molecule has 1 aromatic heterocycles. The van der Waals surface area contributed by atoms with E-state index in [4.69, 9.17) is 9.47 Å². The minimum Gasteiger partial charge on any atom is -0.382 e. The number of aromatic nitrogens is 1. The number of nitrogens with one attached hydrogen (secondary N) is 1. The topological polar surface area (TPSA) is 60.5 Å². The minimum atomic E-state index is -0.195. The van der Waals surface area contributed by atoms with Crippen LogP contribution in [0.4, 0.5) is 5.69 Å². The molecule has 0 fully saturated rings. The van der Waals surface area contributed by atoms with Crippen LogP contribution >= 0.6 is 11.8 Å². The fraction of sp³-hybridized carbons (Fsp3) is 0.455. The van der Waals surface area contributed by atoms with E-state index in [0.717, 1.165) is 5.03 Å². The first kappa shape index (κ1) is 14.0. The molecule has 0 saturated carbocycles. The van der Waals surface area contributed by atoms with Crippen LogP contribution < -0.4 is 5.32 Å². The van der Waals surface area contributed by atoms with Crippen LogP contribution in [0.15, 0.2) is 23.4 Å². The zero-order valence-corrected chi connectivity index (χ0v) is 10.8. The molecule has 94 valence electrons. The number of methoxy groups -OCH3 is 1. The van der Waals surface area contributed by atoms with E-state index in [1.165, 1.54) is 0 Å². The van der Waals surface area contributed by atoms with Crippen molar-refractivity contribution in [1.82, 2.24) is 4.98 Å². The van der Waals surface area contributed by atoms with Crippen LogP contribution in [0.25, 0.3) is 0 Å². The molecule has 0 spiro atoms. The highest BCUT2D eigenvalue weighted by Crippen LogP contribution is 2.13. The maximum Gasteiger partial charge on any atom is 0.250 e. The minimum absolute atomic E-state index is 0.0215. The second-order valence-electron chi connectivity index (χ2n) is 3.18. The van der Waals surface area contributed by atoms with Gasteiger partial charge >= 0.3 is 0 Å². The molecule has 1 aromatic rings. The molecule has 5 nitrogen and oxygen atoms in total. The van der Waals surface area contributed by atoms with Crippen LogP contribution in [0, 0.1) is 0 Å². The number of pyridine rings is 1. The molecular weight excluding hydrogens is 240 g/mol. The Hall–Kier alpha value is -1.11. The first-order valence-electron chi connectivity index (χ1n) is 5.13. The second kappa shape index (κ2) is 8.05. The molecule has 0 unspecified atom stereocenters. The summed E-state index contributed by atoms with van der Waals surface area (Å²) in [6.07, 6.45) is 3.57. The van der Waals surface area contributed by atoms with Crippen molar-refractivity contribution in [3.63, 3.8) is 0 Å². The van der Waals surface area contributed by atoms with E-state index in [0.29, 0.717) is 18.9 Å². The van der Waals surface area contributed by atoms with E-state index in [1.807, 2.05) is 18.4 Å². The molecule has 1 N–H and O–H groups in total. The lowest BCUT2D eigenvalue weighted by Crippen LogP contribution is -2.19. The summed E-state index contributed by atoms with van der Waals surface area (Å²) in [7, 11) is 1.59. The summed E-state index contributed by atoms with van der Waals surface area (Å²) in [5, 5.41) is 3.61. The third kappa shape index (κ3) is 5.67. The van der Waals surface area contributed by atoms with Gasteiger partial charge in [-0.25, -0.2) is 4.98 Å². The zero-order valence-electron chi connectivity index (χ0n) is 9.93. The standard InChI is InChI=1S/C11H16N2O3S/c1-15-5-6-16-8-10(14)13-9-3-4-11(17-2)12-7-9/h3-4,7H,5-6,8H2,1-2H3,(H,13,14). The van der Waals surface area contributed by atoms with E-state index in [-0.39, 0.29) is 12.5 Å². The Labute approximate surface area is 105 Å². The van der Waals surface area contributed by atoms with Crippen LogP contribution in [0.1, 0.15) is 0 Å². The van der Waals surface area contributed by atoms with Gasteiger partial charge in [0.25, 0.3) is 0 Å².